The molecule has 1 aliphatic heterocycles. The summed E-state index contributed by atoms with van der Waals surface area (Å²) in [5.41, 5.74) is 3.74. The second-order valence-electron chi connectivity index (χ2n) is 4.59. The van der Waals surface area contributed by atoms with Crippen LogP contribution in [0, 0.1) is 11.3 Å². The molecule has 2 aromatic rings. The third-order valence-corrected chi connectivity index (χ3v) is 3.44. The van der Waals surface area contributed by atoms with Crippen LogP contribution in [0.4, 0.5) is 17.1 Å². The summed E-state index contributed by atoms with van der Waals surface area (Å²) in [7, 11) is 1.67. The summed E-state index contributed by atoms with van der Waals surface area (Å²) in [4.78, 5) is 2.19. The van der Waals surface area contributed by atoms with E-state index in [1.54, 1.807) is 7.11 Å². The van der Waals surface area contributed by atoms with Gasteiger partial charge in [0.2, 0.25) is 0 Å². The van der Waals surface area contributed by atoms with Crippen LogP contribution in [-0.4, -0.2) is 20.2 Å². The van der Waals surface area contributed by atoms with Crippen LogP contribution >= 0.6 is 0 Å². The molecule has 0 radical (unpaired) electrons. The van der Waals surface area contributed by atoms with E-state index in [2.05, 4.69) is 16.3 Å². The van der Waals surface area contributed by atoms with Gasteiger partial charge in [-0.3, -0.25) is 0 Å². The van der Waals surface area contributed by atoms with Crippen LogP contribution in [0.25, 0.3) is 0 Å². The molecule has 1 N–H and O–H groups in total. The molecule has 1 heterocycles. The Morgan fingerprint density at radius 1 is 1.20 bits per heavy atom. The molecule has 0 atom stereocenters. The molecule has 100 valence electrons. The highest BCUT2D eigenvalue weighted by atomic mass is 16.5. The van der Waals surface area contributed by atoms with Crippen molar-refractivity contribution in [3.05, 3.63) is 48.0 Å². The molecule has 4 nitrogen and oxygen atoms in total. The molecular weight excluding hydrogens is 250 g/mol. The van der Waals surface area contributed by atoms with Gasteiger partial charge in [-0.15, -0.1) is 0 Å². The Hall–Kier alpha value is -2.67. The van der Waals surface area contributed by atoms with Gasteiger partial charge in [0.05, 0.1) is 35.8 Å². The predicted molar refractivity (Wildman–Crippen MR) is 79.6 cm³/mol. The molecule has 0 unspecified atom stereocenters. The molecule has 0 aliphatic carbocycles. The lowest BCUT2D eigenvalue weighted by molar-refractivity contribution is 0.415. The van der Waals surface area contributed by atoms with Crippen LogP contribution in [0.15, 0.2) is 42.5 Å². The average molecular weight is 265 g/mol. The van der Waals surface area contributed by atoms with Crippen LogP contribution in [0.3, 0.4) is 0 Å². The van der Waals surface area contributed by atoms with E-state index in [0.717, 1.165) is 35.9 Å². The second-order valence-corrected chi connectivity index (χ2v) is 4.59. The van der Waals surface area contributed by atoms with E-state index in [4.69, 9.17) is 10.00 Å². The second kappa shape index (κ2) is 5.14. The van der Waals surface area contributed by atoms with Crippen molar-refractivity contribution in [1.29, 1.82) is 5.26 Å². The summed E-state index contributed by atoms with van der Waals surface area (Å²) in [6.45, 7) is 1.69. The van der Waals surface area contributed by atoms with Gasteiger partial charge in [-0.2, -0.15) is 5.26 Å². The van der Waals surface area contributed by atoms with Crippen molar-refractivity contribution in [2.45, 2.75) is 0 Å². The molecule has 2 aromatic carbocycles. The molecule has 0 aromatic heterocycles. The van der Waals surface area contributed by atoms with Crippen molar-refractivity contribution in [2.24, 2.45) is 0 Å². The van der Waals surface area contributed by atoms with Crippen LogP contribution in [-0.2, 0) is 0 Å². The number of nitriles is 1. The zero-order valence-corrected chi connectivity index (χ0v) is 11.3. The first-order chi connectivity index (χ1) is 9.83. The minimum atomic E-state index is 0.660. The highest BCUT2D eigenvalue weighted by Gasteiger charge is 2.20. The number of fused-ring (bicyclic) bond motifs is 1. The number of hydrogen-bond acceptors (Lipinski definition) is 4. The first kappa shape index (κ1) is 12.4. The molecule has 0 saturated heterocycles. The van der Waals surface area contributed by atoms with Gasteiger partial charge in [0, 0.05) is 13.1 Å². The SMILES string of the molecule is COc1ccccc1N1CCNc2ccc(C#N)cc21. The van der Waals surface area contributed by atoms with Gasteiger partial charge >= 0.3 is 0 Å². The summed E-state index contributed by atoms with van der Waals surface area (Å²) >= 11 is 0. The van der Waals surface area contributed by atoms with Gasteiger partial charge < -0.3 is 15.0 Å². The highest BCUT2D eigenvalue weighted by Crippen LogP contribution is 2.39. The van der Waals surface area contributed by atoms with Crippen molar-refractivity contribution in [1.82, 2.24) is 0 Å². The summed E-state index contributed by atoms with van der Waals surface area (Å²) in [6, 6.07) is 15.8. The van der Waals surface area contributed by atoms with Gasteiger partial charge in [-0.25, -0.2) is 0 Å². The van der Waals surface area contributed by atoms with Gasteiger partial charge in [-0.05, 0) is 30.3 Å². The standard InChI is InChI=1S/C16H15N3O/c1-20-16-5-3-2-4-14(16)19-9-8-18-13-7-6-12(11-17)10-15(13)19/h2-7,10,18H,8-9H2,1H3. The molecule has 1 aliphatic rings. The fourth-order valence-corrected chi connectivity index (χ4v) is 2.50. The van der Waals surface area contributed by atoms with Crippen LogP contribution in [0.1, 0.15) is 5.56 Å². The maximum atomic E-state index is 9.08. The van der Waals surface area contributed by atoms with Crippen molar-refractivity contribution in [2.75, 3.05) is 30.4 Å². The number of nitrogens with one attached hydrogen (secondary N) is 1. The quantitative estimate of drug-likeness (QED) is 0.906. The molecule has 0 saturated carbocycles. The summed E-state index contributed by atoms with van der Waals surface area (Å²) in [6.07, 6.45) is 0. The maximum Gasteiger partial charge on any atom is 0.142 e. The number of para-hydroxylation sites is 2. The van der Waals surface area contributed by atoms with E-state index in [1.165, 1.54) is 0 Å². The predicted octanol–water partition coefficient (Wildman–Crippen LogP) is 3.13. The number of methoxy groups -OCH3 is 1. The largest absolute Gasteiger partial charge is 0.495 e. The lowest BCUT2D eigenvalue weighted by Gasteiger charge is -2.33. The van der Waals surface area contributed by atoms with E-state index in [-0.39, 0.29) is 0 Å². The lowest BCUT2D eigenvalue weighted by Crippen LogP contribution is -2.30. The van der Waals surface area contributed by atoms with Crippen molar-refractivity contribution in [3.8, 4) is 11.8 Å². The monoisotopic (exact) mass is 265 g/mol. The lowest BCUT2D eigenvalue weighted by atomic mass is 10.1. The number of benzene rings is 2. The fraction of sp³-hybridized carbons (Fsp3) is 0.188. The van der Waals surface area contributed by atoms with Gasteiger partial charge in [-0.1, -0.05) is 12.1 Å². The molecule has 0 spiro atoms. The number of rotatable bonds is 2. The van der Waals surface area contributed by atoms with Crippen LogP contribution in [0.5, 0.6) is 5.75 Å². The Bertz CT molecular complexity index is 676. The Balaban J connectivity index is 2.11. The molecule has 0 fully saturated rings. The highest BCUT2D eigenvalue weighted by molar-refractivity contribution is 5.81. The molecule has 4 heteroatoms. The molecule has 3 rings (SSSR count). The zero-order valence-electron chi connectivity index (χ0n) is 11.3. The van der Waals surface area contributed by atoms with Crippen LogP contribution < -0.4 is 15.0 Å². The van der Waals surface area contributed by atoms with Crippen molar-refractivity contribution in [3.63, 3.8) is 0 Å². The Morgan fingerprint density at radius 2 is 2.05 bits per heavy atom. The number of ether oxygens (including phenoxy) is 1. The average Bonchev–Trinajstić information content (AvgIpc) is 2.53. The molecule has 0 amide bonds. The number of anilines is 3. The van der Waals surface area contributed by atoms with E-state index in [9.17, 15) is 0 Å². The van der Waals surface area contributed by atoms with E-state index < -0.39 is 0 Å². The van der Waals surface area contributed by atoms with Crippen molar-refractivity contribution < 1.29 is 4.74 Å². The van der Waals surface area contributed by atoms with Crippen LogP contribution in [0.2, 0.25) is 0 Å². The van der Waals surface area contributed by atoms with E-state index in [1.807, 2.05) is 42.5 Å². The van der Waals surface area contributed by atoms with Gasteiger partial charge in [0.15, 0.2) is 0 Å². The van der Waals surface area contributed by atoms with E-state index in [0.29, 0.717) is 5.56 Å². The fourth-order valence-electron chi connectivity index (χ4n) is 2.50. The minimum absolute atomic E-state index is 0.660. The summed E-state index contributed by atoms with van der Waals surface area (Å²) in [5, 5.41) is 12.4. The summed E-state index contributed by atoms with van der Waals surface area (Å²) < 4.78 is 5.44. The maximum absolute atomic E-state index is 9.08. The molecular formula is C16H15N3O. The minimum Gasteiger partial charge on any atom is -0.495 e. The smallest absolute Gasteiger partial charge is 0.142 e. The normalized spacial score (nSPS) is 13.1. The Labute approximate surface area is 118 Å². The van der Waals surface area contributed by atoms with Crippen molar-refractivity contribution >= 4 is 17.1 Å². The Morgan fingerprint density at radius 3 is 2.85 bits per heavy atom. The first-order valence-corrected chi connectivity index (χ1v) is 6.52. The molecule has 20 heavy (non-hydrogen) atoms. The summed E-state index contributed by atoms with van der Waals surface area (Å²) in [5.74, 6) is 0.836. The third kappa shape index (κ3) is 2.04. The third-order valence-electron chi connectivity index (χ3n) is 3.44. The number of hydrogen-bond donors (Lipinski definition) is 1. The van der Waals surface area contributed by atoms with Gasteiger partial charge in [0.25, 0.3) is 0 Å². The Kier molecular flexibility index (Phi) is 3.18. The van der Waals surface area contributed by atoms with Gasteiger partial charge in [0.1, 0.15) is 5.75 Å². The topological polar surface area (TPSA) is 48.3 Å². The first-order valence-electron chi connectivity index (χ1n) is 6.52. The zero-order chi connectivity index (χ0) is 13.9. The van der Waals surface area contributed by atoms with E-state index >= 15 is 0 Å². The number of nitrogens with zero attached hydrogens (tertiary/aromatic N) is 2. The molecule has 0 bridgehead atoms.